The summed E-state index contributed by atoms with van der Waals surface area (Å²) < 4.78 is 25.1. The van der Waals surface area contributed by atoms with Crippen LogP contribution in [0.1, 0.15) is 19.8 Å². The van der Waals surface area contributed by atoms with Crippen molar-refractivity contribution in [3.63, 3.8) is 0 Å². The van der Waals surface area contributed by atoms with Gasteiger partial charge in [-0.2, -0.15) is 4.31 Å². The first-order chi connectivity index (χ1) is 9.27. The third kappa shape index (κ3) is 4.43. The van der Waals surface area contributed by atoms with Crippen molar-refractivity contribution in [2.24, 2.45) is 11.5 Å². The van der Waals surface area contributed by atoms with Crippen LogP contribution in [0.2, 0.25) is 0 Å². The highest BCUT2D eigenvalue weighted by Crippen LogP contribution is 2.10. The zero-order valence-corrected chi connectivity index (χ0v) is 12.4. The molecule has 0 saturated carbocycles. The van der Waals surface area contributed by atoms with Crippen molar-refractivity contribution in [3.05, 3.63) is 0 Å². The maximum Gasteiger partial charge on any atom is 0.240 e. The summed E-state index contributed by atoms with van der Waals surface area (Å²) in [5.74, 6) is -0.881. The van der Waals surface area contributed by atoms with Gasteiger partial charge in [0.15, 0.2) is 0 Å². The van der Waals surface area contributed by atoms with Gasteiger partial charge in [0.2, 0.25) is 21.8 Å². The number of carbonyl (C=O) groups is 2. The molecule has 0 aromatic heterocycles. The summed E-state index contributed by atoms with van der Waals surface area (Å²) in [6, 6.07) is -0.953. The number of nitrogens with two attached hydrogens (primary N) is 2. The molecule has 0 radical (unpaired) electrons. The van der Waals surface area contributed by atoms with Gasteiger partial charge >= 0.3 is 0 Å². The van der Waals surface area contributed by atoms with Gasteiger partial charge in [-0.25, -0.2) is 8.42 Å². The van der Waals surface area contributed by atoms with Crippen LogP contribution in [0, 0.1) is 0 Å². The van der Waals surface area contributed by atoms with E-state index in [0.717, 1.165) is 0 Å². The fraction of sp³-hybridized carbons (Fsp3) is 0.818. The fourth-order valence-corrected chi connectivity index (χ4v) is 3.61. The average molecular weight is 306 g/mol. The Morgan fingerprint density at radius 1 is 1.20 bits per heavy atom. The third-order valence-corrected chi connectivity index (χ3v) is 5.22. The number of hydrogen-bond donors (Lipinski definition) is 2. The molecule has 9 heteroatoms. The van der Waals surface area contributed by atoms with Gasteiger partial charge in [-0.1, -0.05) is 6.92 Å². The zero-order chi connectivity index (χ0) is 15.3. The standard InChI is InChI=1S/C11H22N4O4S/c1-2-7-20(18,19)15-5-3-14(4-6-15)11(17)9(12)8-10(13)16/h9H,2-8,12H2,1H3,(H2,13,16). The summed E-state index contributed by atoms with van der Waals surface area (Å²) in [5.41, 5.74) is 10.6. The molecule has 2 amide bonds. The molecule has 1 aliphatic heterocycles. The van der Waals surface area contributed by atoms with Crippen molar-refractivity contribution in [2.75, 3.05) is 31.9 Å². The Morgan fingerprint density at radius 3 is 2.20 bits per heavy atom. The van der Waals surface area contributed by atoms with Crippen LogP contribution in [0.3, 0.4) is 0 Å². The lowest BCUT2D eigenvalue weighted by molar-refractivity contribution is -0.135. The molecule has 0 aromatic carbocycles. The van der Waals surface area contributed by atoms with Crippen molar-refractivity contribution in [3.8, 4) is 0 Å². The van der Waals surface area contributed by atoms with E-state index in [9.17, 15) is 18.0 Å². The van der Waals surface area contributed by atoms with E-state index in [1.165, 1.54) is 9.21 Å². The lowest BCUT2D eigenvalue weighted by Gasteiger charge is -2.35. The number of amides is 2. The Morgan fingerprint density at radius 2 is 1.75 bits per heavy atom. The lowest BCUT2D eigenvalue weighted by atomic mass is 10.1. The Labute approximate surface area is 119 Å². The molecular formula is C11H22N4O4S. The zero-order valence-electron chi connectivity index (χ0n) is 11.6. The molecule has 0 bridgehead atoms. The van der Waals surface area contributed by atoms with E-state index in [4.69, 9.17) is 11.5 Å². The first-order valence-electron chi connectivity index (χ1n) is 6.58. The van der Waals surface area contributed by atoms with Gasteiger partial charge in [-0.05, 0) is 6.42 Å². The van der Waals surface area contributed by atoms with Crippen LogP contribution < -0.4 is 11.5 Å². The minimum atomic E-state index is -3.23. The molecule has 8 nitrogen and oxygen atoms in total. The van der Waals surface area contributed by atoms with Crippen LogP contribution >= 0.6 is 0 Å². The van der Waals surface area contributed by atoms with Crippen molar-refractivity contribution in [1.82, 2.24) is 9.21 Å². The molecule has 1 atom stereocenters. The van der Waals surface area contributed by atoms with E-state index in [0.29, 0.717) is 6.42 Å². The molecule has 116 valence electrons. The maximum absolute atomic E-state index is 11.9. The van der Waals surface area contributed by atoms with Gasteiger partial charge in [0.05, 0.1) is 18.2 Å². The van der Waals surface area contributed by atoms with Gasteiger partial charge in [-0.3, -0.25) is 9.59 Å². The summed E-state index contributed by atoms with van der Waals surface area (Å²) >= 11 is 0. The Bertz CT molecular complexity index is 457. The van der Waals surface area contributed by atoms with Gasteiger partial charge in [-0.15, -0.1) is 0 Å². The second kappa shape index (κ2) is 7.00. The minimum absolute atomic E-state index is 0.113. The molecular weight excluding hydrogens is 284 g/mol. The Hall–Kier alpha value is -1.19. The van der Waals surface area contributed by atoms with E-state index >= 15 is 0 Å². The molecule has 1 heterocycles. The van der Waals surface area contributed by atoms with Gasteiger partial charge < -0.3 is 16.4 Å². The number of primary amides is 1. The number of carbonyl (C=O) groups excluding carboxylic acids is 2. The Kier molecular flexibility index (Phi) is 5.90. The van der Waals surface area contributed by atoms with Crippen LogP contribution in [0.4, 0.5) is 0 Å². The second-order valence-corrected chi connectivity index (χ2v) is 6.91. The second-order valence-electron chi connectivity index (χ2n) is 4.82. The maximum atomic E-state index is 11.9. The molecule has 0 aromatic rings. The molecule has 4 N–H and O–H groups in total. The van der Waals surface area contributed by atoms with Crippen LogP contribution in [-0.2, 0) is 19.6 Å². The predicted octanol–water partition coefficient (Wildman–Crippen LogP) is -1.93. The predicted molar refractivity (Wildman–Crippen MR) is 74.0 cm³/mol. The van der Waals surface area contributed by atoms with E-state index in [-0.39, 0.29) is 44.3 Å². The van der Waals surface area contributed by atoms with Crippen molar-refractivity contribution in [1.29, 1.82) is 0 Å². The molecule has 1 unspecified atom stereocenters. The van der Waals surface area contributed by atoms with Gasteiger partial charge in [0.1, 0.15) is 0 Å². The average Bonchev–Trinajstić information content (AvgIpc) is 2.37. The number of piperazine rings is 1. The largest absolute Gasteiger partial charge is 0.370 e. The van der Waals surface area contributed by atoms with E-state index in [1.54, 1.807) is 6.92 Å². The first-order valence-corrected chi connectivity index (χ1v) is 8.19. The quantitative estimate of drug-likeness (QED) is 0.591. The first kappa shape index (κ1) is 16.9. The van der Waals surface area contributed by atoms with E-state index in [2.05, 4.69) is 0 Å². The summed E-state index contributed by atoms with van der Waals surface area (Å²) in [6.45, 7) is 2.90. The van der Waals surface area contributed by atoms with E-state index in [1.807, 2.05) is 0 Å². The lowest BCUT2D eigenvalue weighted by Crippen LogP contribution is -2.55. The highest BCUT2D eigenvalue weighted by molar-refractivity contribution is 7.89. The normalized spacial score (nSPS) is 18.8. The highest BCUT2D eigenvalue weighted by Gasteiger charge is 2.30. The topological polar surface area (TPSA) is 127 Å². The highest BCUT2D eigenvalue weighted by atomic mass is 32.2. The fourth-order valence-electron chi connectivity index (χ4n) is 2.11. The van der Waals surface area contributed by atoms with Crippen LogP contribution in [0.15, 0.2) is 0 Å². The van der Waals surface area contributed by atoms with Crippen molar-refractivity contribution >= 4 is 21.8 Å². The molecule has 1 rings (SSSR count). The van der Waals surface area contributed by atoms with Crippen LogP contribution in [-0.4, -0.2) is 67.4 Å². The molecule has 0 spiro atoms. The van der Waals surface area contributed by atoms with Crippen LogP contribution in [0.25, 0.3) is 0 Å². The third-order valence-electron chi connectivity index (χ3n) is 3.14. The van der Waals surface area contributed by atoms with Gasteiger partial charge in [0, 0.05) is 26.2 Å². The summed E-state index contributed by atoms with van der Waals surface area (Å²) in [4.78, 5) is 24.2. The van der Waals surface area contributed by atoms with Gasteiger partial charge in [0.25, 0.3) is 0 Å². The Balaban J connectivity index is 2.54. The molecule has 20 heavy (non-hydrogen) atoms. The van der Waals surface area contributed by atoms with Crippen molar-refractivity contribution < 1.29 is 18.0 Å². The molecule has 0 aliphatic carbocycles. The minimum Gasteiger partial charge on any atom is -0.370 e. The molecule has 1 fully saturated rings. The van der Waals surface area contributed by atoms with Crippen molar-refractivity contribution in [2.45, 2.75) is 25.8 Å². The smallest absolute Gasteiger partial charge is 0.240 e. The monoisotopic (exact) mass is 306 g/mol. The summed E-state index contributed by atoms with van der Waals surface area (Å²) in [6.07, 6.45) is 0.359. The number of nitrogens with zero attached hydrogens (tertiary/aromatic N) is 2. The summed E-state index contributed by atoms with van der Waals surface area (Å²) in [5, 5.41) is 0. The number of rotatable bonds is 6. The molecule has 1 saturated heterocycles. The molecule has 1 aliphatic rings. The van der Waals surface area contributed by atoms with E-state index < -0.39 is 22.0 Å². The SMILES string of the molecule is CCCS(=O)(=O)N1CCN(C(=O)C(N)CC(N)=O)CC1. The summed E-state index contributed by atoms with van der Waals surface area (Å²) in [7, 11) is -3.23. The number of sulfonamides is 1. The van der Waals surface area contributed by atoms with Crippen LogP contribution in [0.5, 0.6) is 0 Å². The number of hydrogen-bond acceptors (Lipinski definition) is 5.